The van der Waals surface area contributed by atoms with Crippen LogP contribution in [0.3, 0.4) is 0 Å². The van der Waals surface area contributed by atoms with E-state index in [1.807, 2.05) is 6.08 Å². The standard InChI is InChI=1S/C32H34/c1-3-5-7-8-10-26-13-16-32-24-31(22-21-30(32)23-26)29-19-17-28(18-20-29)27-14-11-25(12-15-27)9-6-4-2/h4,11-24H,2-3,5-10H2,1H3. The van der Waals surface area contributed by atoms with Gasteiger partial charge in [0.15, 0.2) is 0 Å². The molecule has 0 aromatic heterocycles. The molecule has 0 saturated carbocycles. The molecule has 0 unspecified atom stereocenters. The second-order valence-corrected chi connectivity index (χ2v) is 8.81. The lowest BCUT2D eigenvalue weighted by atomic mass is 9.96. The van der Waals surface area contributed by atoms with E-state index in [2.05, 4.69) is 98.4 Å². The van der Waals surface area contributed by atoms with Crippen molar-refractivity contribution in [1.82, 2.24) is 0 Å². The minimum atomic E-state index is 1.03. The lowest BCUT2D eigenvalue weighted by Crippen LogP contribution is -1.87. The average molecular weight is 419 g/mol. The van der Waals surface area contributed by atoms with E-state index in [-0.39, 0.29) is 0 Å². The molecule has 0 heteroatoms. The minimum absolute atomic E-state index is 1.03. The van der Waals surface area contributed by atoms with Gasteiger partial charge >= 0.3 is 0 Å². The Hall–Kier alpha value is -3.12. The fourth-order valence-electron chi connectivity index (χ4n) is 4.37. The first-order valence-electron chi connectivity index (χ1n) is 12.1. The van der Waals surface area contributed by atoms with Crippen molar-refractivity contribution in [3.8, 4) is 22.3 Å². The number of rotatable bonds is 10. The van der Waals surface area contributed by atoms with Crippen LogP contribution >= 0.6 is 0 Å². The van der Waals surface area contributed by atoms with Crippen molar-refractivity contribution in [1.29, 1.82) is 0 Å². The summed E-state index contributed by atoms with van der Waals surface area (Å²) in [6.45, 7) is 6.08. The van der Waals surface area contributed by atoms with Gasteiger partial charge in [0, 0.05) is 0 Å². The second-order valence-electron chi connectivity index (χ2n) is 8.81. The van der Waals surface area contributed by atoms with Crippen molar-refractivity contribution in [2.24, 2.45) is 0 Å². The summed E-state index contributed by atoms with van der Waals surface area (Å²) in [6, 6.07) is 31.7. The van der Waals surface area contributed by atoms with E-state index in [1.165, 1.54) is 76.3 Å². The smallest absolute Gasteiger partial charge is 0.0178 e. The fourth-order valence-corrected chi connectivity index (χ4v) is 4.37. The average Bonchev–Trinajstić information content (AvgIpc) is 2.85. The monoisotopic (exact) mass is 418 g/mol. The minimum Gasteiger partial charge on any atom is -0.103 e. The third kappa shape index (κ3) is 5.56. The quantitative estimate of drug-likeness (QED) is 0.178. The van der Waals surface area contributed by atoms with Crippen molar-refractivity contribution in [2.45, 2.75) is 51.9 Å². The molecule has 0 radical (unpaired) electrons. The molecule has 0 atom stereocenters. The van der Waals surface area contributed by atoms with E-state index in [4.69, 9.17) is 0 Å². The maximum absolute atomic E-state index is 3.81. The molecule has 0 aliphatic heterocycles. The molecule has 0 aliphatic carbocycles. The second kappa shape index (κ2) is 11.0. The number of aryl methyl sites for hydroxylation is 2. The summed E-state index contributed by atoms with van der Waals surface area (Å²) in [4.78, 5) is 0. The molecule has 0 N–H and O–H groups in total. The van der Waals surface area contributed by atoms with Crippen LogP contribution in [0.1, 0.15) is 50.2 Å². The van der Waals surface area contributed by atoms with E-state index < -0.39 is 0 Å². The SMILES string of the molecule is C=CCCc1ccc(-c2ccc(-c3ccc4cc(CCCCCC)ccc4c3)cc2)cc1. The molecule has 0 heterocycles. The van der Waals surface area contributed by atoms with Crippen molar-refractivity contribution in [3.63, 3.8) is 0 Å². The van der Waals surface area contributed by atoms with E-state index in [0.29, 0.717) is 0 Å². The van der Waals surface area contributed by atoms with Crippen LogP contribution in [-0.4, -0.2) is 0 Å². The summed E-state index contributed by atoms with van der Waals surface area (Å²) in [5.41, 5.74) is 7.90. The van der Waals surface area contributed by atoms with Crippen LogP contribution in [0.2, 0.25) is 0 Å². The van der Waals surface area contributed by atoms with Crippen molar-refractivity contribution < 1.29 is 0 Å². The van der Waals surface area contributed by atoms with Gasteiger partial charge in [-0.05, 0) is 75.9 Å². The molecule has 4 aromatic carbocycles. The predicted molar refractivity (Wildman–Crippen MR) is 141 cm³/mol. The van der Waals surface area contributed by atoms with Crippen LogP contribution in [0.4, 0.5) is 0 Å². The summed E-state index contributed by atoms with van der Waals surface area (Å²) >= 11 is 0. The van der Waals surface area contributed by atoms with Gasteiger partial charge in [-0.25, -0.2) is 0 Å². The molecule has 4 aromatic rings. The summed E-state index contributed by atoms with van der Waals surface area (Å²) < 4.78 is 0. The van der Waals surface area contributed by atoms with E-state index in [9.17, 15) is 0 Å². The zero-order valence-corrected chi connectivity index (χ0v) is 19.3. The number of unbranched alkanes of at least 4 members (excludes halogenated alkanes) is 3. The summed E-state index contributed by atoms with van der Waals surface area (Å²) in [6.07, 6.45) is 10.5. The number of benzene rings is 4. The van der Waals surface area contributed by atoms with Gasteiger partial charge in [-0.1, -0.05) is 111 Å². The van der Waals surface area contributed by atoms with Crippen molar-refractivity contribution in [2.75, 3.05) is 0 Å². The van der Waals surface area contributed by atoms with Gasteiger partial charge < -0.3 is 0 Å². The Balaban J connectivity index is 1.47. The van der Waals surface area contributed by atoms with Crippen LogP contribution in [0.5, 0.6) is 0 Å². The summed E-state index contributed by atoms with van der Waals surface area (Å²) in [5, 5.41) is 2.66. The molecule has 0 amide bonds. The van der Waals surface area contributed by atoms with Crippen LogP contribution in [-0.2, 0) is 12.8 Å². The van der Waals surface area contributed by atoms with E-state index in [1.54, 1.807) is 0 Å². The topological polar surface area (TPSA) is 0 Å². The largest absolute Gasteiger partial charge is 0.103 e. The van der Waals surface area contributed by atoms with Crippen molar-refractivity contribution >= 4 is 10.8 Å². The third-order valence-electron chi connectivity index (χ3n) is 6.37. The molecular weight excluding hydrogens is 384 g/mol. The van der Waals surface area contributed by atoms with Crippen molar-refractivity contribution in [3.05, 3.63) is 109 Å². The Morgan fingerprint density at radius 2 is 1.12 bits per heavy atom. The lowest BCUT2D eigenvalue weighted by molar-refractivity contribution is 0.667. The number of allylic oxidation sites excluding steroid dienone is 1. The molecule has 0 fully saturated rings. The maximum Gasteiger partial charge on any atom is -0.0178 e. The van der Waals surface area contributed by atoms with E-state index >= 15 is 0 Å². The highest BCUT2D eigenvalue weighted by molar-refractivity contribution is 5.88. The van der Waals surface area contributed by atoms with Crippen LogP contribution in [0.25, 0.3) is 33.0 Å². The number of hydrogen-bond donors (Lipinski definition) is 0. The summed E-state index contributed by atoms with van der Waals surface area (Å²) in [5.74, 6) is 0. The molecule has 4 rings (SSSR count). The maximum atomic E-state index is 3.81. The highest BCUT2D eigenvalue weighted by atomic mass is 14.1. The molecule has 0 bridgehead atoms. The highest BCUT2D eigenvalue weighted by Crippen LogP contribution is 2.28. The summed E-state index contributed by atoms with van der Waals surface area (Å²) in [7, 11) is 0. The zero-order chi connectivity index (χ0) is 22.2. The number of hydrogen-bond acceptors (Lipinski definition) is 0. The predicted octanol–water partition coefficient (Wildman–Crippen LogP) is 9.42. The zero-order valence-electron chi connectivity index (χ0n) is 19.3. The molecule has 0 aliphatic rings. The molecule has 162 valence electrons. The molecule has 0 nitrogen and oxygen atoms in total. The molecule has 32 heavy (non-hydrogen) atoms. The van der Waals surface area contributed by atoms with Gasteiger partial charge in [0.25, 0.3) is 0 Å². The fraction of sp³-hybridized carbons (Fsp3) is 0.250. The van der Waals surface area contributed by atoms with Gasteiger partial charge in [0.05, 0.1) is 0 Å². The van der Waals surface area contributed by atoms with Gasteiger partial charge in [-0.3, -0.25) is 0 Å². The Kier molecular flexibility index (Phi) is 7.56. The van der Waals surface area contributed by atoms with Gasteiger partial charge in [-0.15, -0.1) is 6.58 Å². The Morgan fingerprint density at radius 3 is 1.81 bits per heavy atom. The molecular formula is C32H34. The van der Waals surface area contributed by atoms with Crippen LogP contribution in [0, 0.1) is 0 Å². The van der Waals surface area contributed by atoms with Gasteiger partial charge in [0.2, 0.25) is 0 Å². The Labute approximate surface area is 193 Å². The molecule has 0 spiro atoms. The first-order chi connectivity index (χ1) is 15.8. The first kappa shape index (κ1) is 22.1. The highest BCUT2D eigenvalue weighted by Gasteiger charge is 2.04. The van der Waals surface area contributed by atoms with E-state index in [0.717, 1.165) is 12.8 Å². The van der Waals surface area contributed by atoms with Gasteiger partial charge in [-0.2, -0.15) is 0 Å². The first-order valence-corrected chi connectivity index (χ1v) is 12.1. The Morgan fingerprint density at radius 1 is 0.562 bits per heavy atom. The Bertz CT molecular complexity index is 1150. The number of fused-ring (bicyclic) bond motifs is 1. The third-order valence-corrected chi connectivity index (χ3v) is 6.37. The van der Waals surface area contributed by atoms with Gasteiger partial charge in [0.1, 0.15) is 0 Å². The van der Waals surface area contributed by atoms with Crippen LogP contribution in [0.15, 0.2) is 97.6 Å². The molecule has 0 saturated heterocycles. The van der Waals surface area contributed by atoms with Crippen LogP contribution < -0.4 is 0 Å². The normalized spacial score (nSPS) is 11.0. The lowest BCUT2D eigenvalue weighted by Gasteiger charge is -2.09.